The van der Waals surface area contributed by atoms with E-state index >= 15 is 0 Å². The summed E-state index contributed by atoms with van der Waals surface area (Å²) in [6, 6.07) is 0. The highest BCUT2D eigenvalue weighted by atomic mass is 32.2. The Balaban J connectivity index is 2.20. The third-order valence-electron chi connectivity index (χ3n) is 3.65. The van der Waals surface area contributed by atoms with Crippen LogP contribution in [-0.2, 0) is 19.1 Å². The molecule has 0 spiro atoms. The van der Waals surface area contributed by atoms with Gasteiger partial charge in [-0.25, -0.2) is 14.8 Å². The Hall–Kier alpha value is -1.77. The van der Waals surface area contributed by atoms with Crippen molar-refractivity contribution in [2.24, 2.45) is 5.92 Å². The first-order valence-electron chi connectivity index (χ1n) is 7.06. The Labute approximate surface area is 131 Å². The summed E-state index contributed by atoms with van der Waals surface area (Å²) in [5.41, 5.74) is 0. The molecule has 2 saturated heterocycles. The van der Waals surface area contributed by atoms with Crippen molar-refractivity contribution in [1.82, 2.24) is 10.0 Å². The minimum atomic E-state index is -1.48. The largest absolute Gasteiger partial charge is 0.507 e. The number of thioether (sulfide) groups is 1. The van der Waals surface area contributed by atoms with Crippen molar-refractivity contribution >= 4 is 34.8 Å². The molecule has 0 aromatic carbocycles. The van der Waals surface area contributed by atoms with Crippen molar-refractivity contribution < 1.29 is 29.0 Å². The van der Waals surface area contributed by atoms with Crippen LogP contribution in [0.3, 0.4) is 0 Å². The first-order chi connectivity index (χ1) is 10.4. The van der Waals surface area contributed by atoms with Gasteiger partial charge in [-0.2, -0.15) is 0 Å². The molecule has 2 aliphatic rings. The molecule has 2 heterocycles. The zero-order valence-corrected chi connectivity index (χ0v) is 13.0. The predicted molar refractivity (Wildman–Crippen MR) is 76.6 cm³/mol. The van der Waals surface area contributed by atoms with E-state index < -0.39 is 18.3 Å². The fourth-order valence-corrected chi connectivity index (χ4v) is 3.39. The Kier molecular flexibility index (Phi) is 5.28. The molecule has 0 radical (unpaired) electrons. The van der Waals surface area contributed by atoms with Crippen molar-refractivity contribution in [3.63, 3.8) is 0 Å². The molecule has 0 saturated carbocycles. The van der Waals surface area contributed by atoms with Gasteiger partial charge in [0.25, 0.3) is 0 Å². The van der Waals surface area contributed by atoms with Crippen molar-refractivity contribution in [3.8, 4) is 0 Å². The van der Waals surface area contributed by atoms with Gasteiger partial charge in [0.2, 0.25) is 11.8 Å². The molecule has 22 heavy (non-hydrogen) atoms. The molecule has 9 heteroatoms. The minimum Gasteiger partial charge on any atom is -0.450 e. The lowest BCUT2D eigenvalue weighted by Crippen LogP contribution is -2.59. The van der Waals surface area contributed by atoms with Crippen molar-refractivity contribution in [2.45, 2.75) is 38.8 Å². The number of ether oxygens (including phenoxy) is 1. The van der Waals surface area contributed by atoms with Crippen LogP contribution in [-0.4, -0.2) is 56.7 Å². The number of hydrogen-bond acceptors (Lipinski definition) is 6. The lowest BCUT2D eigenvalue weighted by Gasteiger charge is -2.42. The Bertz CT molecular complexity index is 497. The van der Waals surface area contributed by atoms with Gasteiger partial charge in [0.05, 0.1) is 5.92 Å². The molecule has 1 N–H and O–H groups in total. The highest BCUT2D eigenvalue weighted by molar-refractivity contribution is 8.13. The number of nitrogens with zero attached hydrogens (tertiary/aromatic N) is 2. The maximum atomic E-state index is 12.7. The minimum absolute atomic E-state index is 0.0998. The summed E-state index contributed by atoms with van der Waals surface area (Å²) in [5, 5.41) is 11.1. The van der Waals surface area contributed by atoms with Crippen LogP contribution in [0.15, 0.2) is 0 Å². The maximum absolute atomic E-state index is 12.7. The number of carboxylic acid groups (broad SMARTS) is 1. The summed E-state index contributed by atoms with van der Waals surface area (Å²) in [6.07, 6.45) is -0.985. The van der Waals surface area contributed by atoms with Crippen LogP contribution in [0.5, 0.6) is 0 Å². The van der Waals surface area contributed by atoms with E-state index in [4.69, 9.17) is 9.84 Å². The number of carbonyl (C=O) groups is 4. The summed E-state index contributed by atoms with van der Waals surface area (Å²) in [7, 11) is 0. The van der Waals surface area contributed by atoms with Gasteiger partial charge in [0, 0.05) is 32.1 Å². The number of amides is 2. The number of fused-ring (bicyclic) bond motifs is 1. The number of hydrogen-bond donors (Lipinski definition) is 1. The third-order valence-corrected chi connectivity index (χ3v) is 4.62. The average molecular weight is 330 g/mol. The highest BCUT2D eigenvalue weighted by Gasteiger charge is 2.43. The molecule has 2 rings (SSSR count). The van der Waals surface area contributed by atoms with Gasteiger partial charge in [-0.15, -0.1) is 0 Å². The molecule has 0 aliphatic carbocycles. The van der Waals surface area contributed by atoms with Gasteiger partial charge < -0.3 is 9.84 Å². The topological polar surface area (TPSA) is 104 Å². The fraction of sp³-hybridized carbons (Fsp3) is 0.692. The fourth-order valence-electron chi connectivity index (χ4n) is 2.64. The molecule has 2 fully saturated rings. The zero-order chi connectivity index (χ0) is 16.3. The molecule has 0 bridgehead atoms. The standard InChI is InChI=1S/C13H18N2O6S/c1-8(16)22-7-9-4-5-10(17)14-6-2-3-11(21-13(19)20)15(14)12(9)18/h9,11H,2-7H2,1H3,(H,19,20)/t9-,11-/m0/s1. The molecular formula is C13H18N2O6S. The van der Waals surface area contributed by atoms with Gasteiger partial charge >= 0.3 is 6.16 Å². The Morgan fingerprint density at radius 3 is 2.73 bits per heavy atom. The number of rotatable bonds is 3. The molecule has 2 aliphatic heterocycles. The molecular weight excluding hydrogens is 312 g/mol. The molecule has 8 nitrogen and oxygen atoms in total. The molecule has 0 aromatic rings. The smallest absolute Gasteiger partial charge is 0.450 e. The van der Waals surface area contributed by atoms with Crippen LogP contribution in [0.2, 0.25) is 0 Å². The van der Waals surface area contributed by atoms with Gasteiger partial charge in [-0.1, -0.05) is 11.8 Å². The Morgan fingerprint density at radius 1 is 1.36 bits per heavy atom. The summed E-state index contributed by atoms with van der Waals surface area (Å²) in [5.74, 6) is -0.792. The zero-order valence-electron chi connectivity index (χ0n) is 12.2. The summed E-state index contributed by atoms with van der Waals surface area (Å²) in [4.78, 5) is 46.7. The van der Waals surface area contributed by atoms with E-state index in [1.807, 2.05) is 0 Å². The molecule has 0 unspecified atom stereocenters. The molecule has 0 aromatic heterocycles. The lowest BCUT2D eigenvalue weighted by molar-refractivity contribution is -0.196. The molecule has 2 atom stereocenters. The molecule has 122 valence electrons. The van der Waals surface area contributed by atoms with E-state index in [2.05, 4.69) is 0 Å². The van der Waals surface area contributed by atoms with Gasteiger partial charge in [0.15, 0.2) is 11.3 Å². The predicted octanol–water partition coefficient (Wildman–Crippen LogP) is 1.06. The summed E-state index contributed by atoms with van der Waals surface area (Å²) < 4.78 is 4.76. The van der Waals surface area contributed by atoms with E-state index in [9.17, 15) is 19.2 Å². The van der Waals surface area contributed by atoms with Crippen LogP contribution in [0, 0.1) is 5.92 Å². The SMILES string of the molecule is CC(=O)SC[C@@H]1CCC(=O)N2CCC[C@H](OC(=O)O)N2C1=O. The van der Waals surface area contributed by atoms with E-state index in [0.717, 1.165) is 16.8 Å². The quantitative estimate of drug-likeness (QED) is 0.772. The van der Waals surface area contributed by atoms with Crippen molar-refractivity contribution in [1.29, 1.82) is 0 Å². The number of carbonyl (C=O) groups excluding carboxylic acids is 3. The van der Waals surface area contributed by atoms with Gasteiger partial charge in [0.1, 0.15) is 0 Å². The Morgan fingerprint density at radius 2 is 2.09 bits per heavy atom. The maximum Gasteiger partial charge on any atom is 0.507 e. The summed E-state index contributed by atoms with van der Waals surface area (Å²) in [6.45, 7) is 1.79. The van der Waals surface area contributed by atoms with Crippen molar-refractivity contribution in [3.05, 3.63) is 0 Å². The van der Waals surface area contributed by atoms with Crippen LogP contribution in [0.1, 0.15) is 32.6 Å². The third kappa shape index (κ3) is 3.70. The van der Waals surface area contributed by atoms with Crippen LogP contribution >= 0.6 is 11.8 Å². The average Bonchev–Trinajstić information content (AvgIpc) is 2.56. The van der Waals surface area contributed by atoms with Gasteiger partial charge in [-0.05, 0) is 12.8 Å². The van der Waals surface area contributed by atoms with Crippen LogP contribution in [0.25, 0.3) is 0 Å². The number of hydrazine groups is 1. The van der Waals surface area contributed by atoms with E-state index in [1.54, 1.807) is 0 Å². The first-order valence-corrected chi connectivity index (χ1v) is 8.05. The lowest BCUT2D eigenvalue weighted by atomic mass is 10.0. The summed E-state index contributed by atoms with van der Waals surface area (Å²) >= 11 is 1.03. The highest BCUT2D eigenvalue weighted by Crippen LogP contribution is 2.29. The van der Waals surface area contributed by atoms with Crippen LogP contribution < -0.4 is 0 Å². The normalized spacial score (nSPS) is 25.5. The second-order valence-electron chi connectivity index (χ2n) is 5.22. The second kappa shape index (κ2) is 6.99. The van der Waals surface area contributed by atoms with E-state index in [1.165, 1.54) is 11.9 Å². The second-order valence-corrected chi connectivity index (χ2v) is 6.42. The van der Waals surface area contributed by atoms with E-state index in [0.29, 0.717) is 25.8 Å². The van der Waals surface area contributed by atoms with Crippen molar-refractivity contribution in [2.75, 3.05) is 12.3 Å². The van der Waals surface area contributed by atoms with E-state index in [-0.39, 0.29) is 29.1 Å². The first kappa shape index (κ1) is 16.6. The monoisotopic (exact) mass is 330 g/mol. The van der Waals surface area contributed by atoms with Crippen LogP contribution in [0.4, 0.5) is 4.79 Å². The van der Waals surface area contributed by atoms with Gasteiger partial charge in [-0.3, -0.25) is 14.4 Å². The molecule has 2 amide bonds.